The van der Waals surface area contributed by atoms with E-state index in [1.165, 1.54) is 0 Å². The second-order valence-electron chi connectivity index (χ2n) is 4.66. The van der Waals surface area contributed by atoms with Crippen molar-refractivity contribution in [2.75, 3.05) is 19.7 Å². The summed E-state index contributed by atoms with van der Waals surface area (Å²) in [5, 5.41) is 0. The van der Waals surface area contributed by atoms with Crippen LogP contribution in [0.1, 0.15) is 33.6 Å². The molecule has 1 fully saturated rings. The molecular formula is C11H22N2O2. The van der Waals surface area contributed by atoms with Gasteiger partial charge in [0.15, 0.2) is 0 Å². The Labute approximate surface area is 91.8 Å². The number of nitrogens with zero attached hydrogens (tertiary/aromatic N) is 1. The summed E-state index contributed by atoms with van der Waals surface area (Å²) in [5.41, 5.74) is 5.12. The molecule has 0 radical (unpaired) electrons. The van der Waals surface area contributed by atoms with Crippen molar-refractivity contribution in [2.45, 2.75) is 45.3 Å². The van der Waals surface area contributed by atoms with Crippen molar-refractivity contribution in [3.05, 3.63) is 0 Å². The van der Waals surface area contributed by atoms with Gasteiger partial charge in [-0.15, -0.1) is 0 Å². The van der Waals surface area contributed by atoms with E-state index in [4.69, 9.17) is 10.5 Å². The number of carbonyl (C=O) groups is 1. The fourth-order valence-electron chi connectivity index (χ4n) is 1.42. The molecule has 1 rings (SSSR count). The Hall–Kier alpha value is -0.610. The molecule has 0 aromatic rings. The SMILES string of the molecule is CCN(C(=O)COC(C)(C)CN)C1CC1. The molecule has 0 aromatic heterocycles. The molecular weight excluding hydrogens is 192 g/mol. The average molecular weight is 214 g/mol. The van der Waals surface area contributed by atoms with E-state index in [-0.39, 0.29) is 12.5 Å². The van der Waals surface area contributed by atoms with Gasteiger partial charge >= 0.3 is 0 Å². The third-order valence-electron chi connectivity index (χ3n) is 2.73. The summed E-state index contributed by atoms with van der Waals surface area (Å²) in [6.45, 7) is 7.14. The van der Waals surface area contributed by atoms with Gasteiger partial charge in [-0.2, -0.15) is 0 Å². The summed E-state index contributed by atoms with van der Waals surface area (Å²) in [5.74, 6) is 0.0847. The van der Waals surface area contributed by atoms with Gasteiger partial charge in [-0.05, 0) is 33.6 Å². The fourth-order valence-corrected chi connectivity index (χ4v) is 1.42. The molecule has 1 aliphatic carbocycles. The molecule has 0 unspecified atom stereocenters. The number of nitrogens with two attached hydrogens (primary N) is 1. The second kappa shape index (κ2) is 4.94. The molecule has 4 nitrogen and oxygen atoms in total. The van der Waals surface area contributed by atoms with Crippen molar-refractivity contribution in [1.82, 2.24) is 4.90 Å². The lowest BCUT2D eigenvalue weighted by atomic mass is 10.1. The van der Waals surface area contributed by atoms with Crippen LogP contribution in [0.25, 0.3) is 0 Å². The fraction of sp³-hybridized carbons (Fsp3) is 0.909. The van der Waals surface area contributed by atoms with Crippen molar-refractivity contribution in [1.29, 1.82) is 0 Å². The zero-order valence-corrected chi connectivity index (χ0v) is 9.95. The van der Waals surface area contributed by atoms with Gasteiger partial charge in [-0.1, -0.05) is 0 Å². The van der Waals surface area contributed by atoms with Crippen molar-refractivity contribution < 1.29 is 9.53 Å². The maximum absolute atomic E-state index is 11.8. The number of amides is 1. The number of rotatable bonds is 6. The van der Waals surface area contributed by atoms with E-state index < -0.39 is 5.60 Å². The summed E-state index contributed by atoms with van der Waals surface area (Å²) in [6.07, 6.45) is 2.28. The van der Waals surface area contributed by atoms with Gasteiger partial charge in [0.2, 0.25) is 5.91 Å². The summed E-state index contributed by atoms with van der Waals surface area (Å²) in [7, 11) is 0. The average Bonchev–Trinajstić information content (AvgIpc) is 3.00. The van der Waals surface area contributed by atoms with Gasteiger partial charge in [0.05, 0.1) is 5.60 Å². The third kappa shape index (κ3) is 3.80. The predicted molar refractivity (Wildman–Crippen MR) is 59.5 cm³/mol. The standard InChI is InChI=1S/C11H22N2O2/c1-4-13(9-5-6-9)10(14)7-15-11(2,3)8-12/h9H,4-8,12H2,1-3H3. The van der Waals surface area contributed by atoms with Crippen LogP contribution in [0.5, 0.6) is 0 Å². The first kappa shape index (κ1) is 12.5. The predicted octanol–water partition coefficient (Wildman–Crippen LogP) is 0.751. The molecule has 1 saturated carbocycles. The highest BCUT2D eigenvalue weighted by molar-refractivity contribution is 5.78. The normalized spacial score (nSPS) is 16.5. The molecule has 0 saturated heterocycles. The lowest BCUT2D eigenvalue weighted by Crippen LogP contribution is -2.41. The van der Waals surface area contributed by atoms with Gasteiger partial charge in [-0.3, -0.25) is 4.79 Å². The Morgan fingerprint density at radius 2 is 2.13 bits per heavy atom. The minimum absolute atomic E-state index is 0.0847. The molecule has 0 bridgehead atoms. The van der Waals surface area contributed by atoms with E-state index in [0.29, 0.717) is 12.6 Å². The summed E-state index contributed by atoms with van der Waals surface area (Å²) in [4.78, 5) is 13.7. The molecule has 0 aromatic carbocycles. The summed E-state index contributed by atoms with van der Waals surface area (Å²) < 4.78 is 5.48. The molecule has 4 heteroatoms. The number of hydrogen-bond donors (Lipinski definition) is 1. The van der Waals surface area contributed by atoms with Gasteiger partial charge in [0.1, 0.15) is 6.61 Å². The smallest absolute Gasteiger partial charge is 0.248 e. The highest BCUT2D eigenvalue weighted by atomic mass is 16.5. The van der Waals surface area contributed by atoms with Gasteiger partial charge in [0, 0.05) is 19.1 Å². The van der Waals surface area contributed by atoms with Crippen LogP contribution in [0.2, 0.25) is 0 Å². The minimum Gasteiger partial charge on any atom is -0.364 e. The van der Waals surface area contributed by atoms with Crippen LogP contribution in [0.4, 0.5) is 0 Å². The summed E-state index contributed by atoms with van der Waals surface area (Å²) >= 11 is 0. The first-order chi connectivity index (χ1) is 7.00. The monoisotopic (exact) mass is 214 g/mol. The van der Waals surface area contributed by atoms with Crippen molar-refractivity contribution in [2.24, 2.45) is 5.73 Å². The Morgan fingerprint density at radius 1 is 1.53 bits per heavy atom. The van der Waals surface area contributed by atoms with Crippen molar-refractivity contribution in [3.63, 3.8) is 0 Å². The zero-order valence-electron chi connectivity index (χ0n) is 9.95. The van der Waals surface area contributed by atoms with Crippen LogP contribution in [-0.2, 0) is 9.53 Å². The van der Waals surface area contributed by atoms with Crippen LogP contribution >= 0.6 is 0 Å². The number of ether oxygens (including phenoxy) is 1. The van der Waals surface area contributed by atoms with Crippen LogP contribution in [-0.4, -0.2) is 42.1 Å². The first-order valence-electron chi connectivity index (χ1n) is 5.63. The zero-order chi connectivity index (χ0) is 11.5. The maximum atomic E-state index is 11.8. The quantitative estimate of drug-likeness (QED) is 0.710. The number of hydrogen-bond acceptors (Lipinski definition) is 3. The van der Waals surface area contributed by atoms with Crippen molar-refractivity contribution in [3.8, 4) is 0 Å². The Kier molecular flexibility index (Phi) is 4.11. The van der Waals surface area contributed by atoms with Crippen molar-refractivity contribution >= 4 is 5.91 Å². The van der Waals surface area contributed by atoms with Gasteiger partial charge < -0.3 is 15.4 Å². The molecule has 2 N–H and O–H groups in total. The number of carbonyl (C=O) groups excluding carboxylic acids is 1. The Morgan fingerprint density at radius 3 is 2.53 bits per heavy atom. The van der Waals surface area contributed by atoms with E-state index in [1.807, 2.05) is 25.7 Å². The lowest BCUT2D eigenvalue weighted by Gasteiger charge is -2.26. The van der Waals surface area contributed by atoms with E-state index in [1.54, 1.807) is 0 Å². The molecule has 1 amide bonds. The first-order valence-corrected chi connectivity index (χ1v) is 5.63. The van der Waals surface area contributed by atoms with Crippen LogP contribution in [0, 0.1) is 0 Å². The summed E-state index contributed by atoms with van der Waals surface area (Å²) in [6, 6.07) is 0.465. The van der Waals surface area contributed by atoms with E-state index >= 15 is 0 Å². The second-order valence-corrected chi connectivity index (χ2v) is 4.66. The topological polar surface area (TPSA) is 55.6 Å². The lowest BCUT2D eigenvalue weighted by molar-refractivity contribution is -0.141. The minimum atomic E-state index is -0.404. The molecule has 0 heterocycles. The molecule has 88 valence electrons. The van der Waals surface area contributed by atoms with E-state index in [9.17, 15) is 4.79 Å². The van der Waals surface area contributed by atoms with E-state index in [0.717, 1.165) is 19.4 Å². The highest BCUT2D eigenvalue weighted by Crippen LogP contribution is 2.26. The van der Waals surface area contributed by atoms with Crippen LogP contribution in [0.15, 0.2) is 0 Å². The van der Waals surface area contributed by atoms with Crippen LogP contribution < -0.4 is 5.73 Å². The van der Waals surface area contributed by atoms with Crippen LogP contribution in [0.3, 0.4) is 0 Å². The number of likely N-dealkylation sites (N-methyl/N-ethyl adjacent to an activating group) is 1. The highest BCUT2D eigenvalue weighted by Gasteiger charge is 2.31. The Balaban J connectivity index is 2.34. The molecule has 0 aliphatic heterocycles. The molecule has 15 heavy (non-hydrogen) atoms. The Bertz CT molecular complexity index is 225. The van der Waals surface area contributed by atoms with E-state index in [2.05, 4.69) is 0 Å². The molecule has 1 aliphatic rings. The maximum Gasteiger partial charge on any atom is 0.248 e. The third-order valence-corrected chi connectivity index (χ3v) is 2.73. The van der Waals surface area contributed by atoms with Gasteiger partial charge in [0.25, 0.3) is 0 Å². The molecule has 0 spiro atoms. The van der Waals surface area contributed by atoms with Gasteiger partial charge in [-0.25, -0.2) is 0 Å². The molecule has 0 atom stereocenters. The largest absolute Gasteiger partial charge is 0.364 e.